The van der Waals surface area contributed by atoms with E-state index >= 15 is 0 Å². The molecule has 110 valence electrons. The molecule has 3 heteroatoms. The van der Waals surface area contributed by atoms with Crippen molar-refractivity contribution < 1.29 is 9.90 Å². The molecule has 0 aliphatic heterocycles. The number of carbonyl (C=O) groups excluding carboxylic acids is 1. The minimum atomic E-state index is -0.350. The molecule has 1 N–H and O–H groups in total. The van der Waals surface area contributed by atoms with E-state index in [4.69, 9.17) is 0 Å². The van der Waals surface area contributed by atoms with Crippen LogP contribution in [0.2, 0.25) is 0 Å². The highest BCUT2D eigenvalue weighted by atomic mass is 79.9. The molecule has 0 unspecified atom stereocenters. The van der Waals surface area contributed by atoms with Crippen LogP contribution in [0, 0.1) is 5.41 Å². The molecule has 1 fully saturated rings. The van der Waals surface area contributed by atoms with Crippen molar-refractivity contribution in [3.63, 3.8) is 0 Å². The molecule has 1 aromatic carbocycles. The van der Waals surface area contributed by atoms with Crippen LogP contribution in [-0.2, 0) is 4.79 Å². The predicted octanol–water partition coefficient (Wildman–Crippen LogP) is 4.28. The van der Waals surface area contributed by atoms with Gasteiger partial charge in [-0.3, -0.25) is 4.79 Å². The maximum absolute atomic E-state index is 12.3. The number of carbonyl (C=O) groups is 1. The molecule has 0 bridgehead atoms. The van der Waals surface area contributed by atoms with Gasteiger partial charge in [0.15, 0.2) is 5.78 Å². The van der Waals surface area contributed by atoms with Gasteiger partial charge in [-0.2, -0.15) is 0 Å². The summed E-state index contributed by atoms with van der Waals surface area (Å²) in [5, 5.41) is 10.4. The van der Waals surface area contributed by atoms with Crippen molar-refractivity contribution in [1.82, 2.24) is 0 Å². The summed E-state index contributed by atoms with van der Waals surface area (Å²) < 4.78 is 1.00. The van der Waals surface area contributed by atoms with E-state index < -0.39 is 0 Å². The molecule has 0 amide bonds. The first-order chi connectivity index (χ1) is 9.99. The lowest BCUT2D eigenvalue weighted by atomic mass is 9.63. The van der Waals surface area contributed by atoms with Crippen LogP contribution in [0.25, 0.3) is 6.08 Å². The highest BCUT2D eigenvalue weighted by Crippen LogP contribution is 2.48. The van der Waals surface area contributed by atoms with E-state index in [1.807, 2.05) is 30.3 Å². The van der Waals surface area contributed by atoms with E-state index in [1.165, 1.54) is 0 Å². The van der Waals surface area contributed by atoms with Crippen LogP contribution in [0.1, 0.15) is 38.2 Å². The number of hydrogen-bond donors (Lipinski definition) is 1. The molecule has 0 heterocycles. The topological polar surface area (TPSA) is 37.3 Å². The van der Waals surface area contributed by atoms with Gasteiger partial charge in [0.25, 0.3) is 0 Å². The summed E-state index contributed by atoms with van der Waals surface area (Å²) in [4.78, 5) is 12.3. The molecule has 0 aromatic heterocycles. The summed E-state index contributed by atoms with van der Waals surface area (Å²) >= 11 is 3.45. The molecular weight excluding hydrogens is 328 g/mol. The van der Waals surface area contributed by atoms with E-state index in [2.05, 4.69) is 22.9 Å². The highest BCUT2D eigenvalue weighted by molar-refractivity contribution is 9.10. The summed E-state index contributed by atoms with van der Waals surface area (Å²) in [6.45, 7) is 2.09. The standard InChI is InChI=1S/C18H19BrO2/c1-18-11-13(8-12-4-2-6-15(19)9-12)16(20)10-14(18)5-3-7-17(18)21/h2,4,6,8-10,17,21H,3,5,7,11H2,1H3/b13-8+/t17-,18-/m0/s1. The molecule has 0 saturated heterocycles. The zero-order valence-corrected chi connectivity index (χ0v) is 13.7. The van der Waals surface area contributed by atoms with Crippen molar-refractivity contribution in [2.75, 3.05) is 0 Å². The van der Waals surface area contributed by atoms with Gasteiger partial charge >= 0.3 is 0 Å². The number of fused-ring (bicyclic) bond motifs is 1. The van der Waals surface area contributed by atoms with Crippen molar-refractivity contribution in [2.24, 2.45) is 5.41 Å². The van der Waals surface area contributed by atoms with E-state index in [0.29, 0.717) is 6.42 Å². The van der Waals surface area contributed by atoms with Gasteiger partial charge in [-0.05, 0) is 55.5 Å². The first-order valence-corrected chi connectivity index (χ1v) is 8.18. The number of ketones is 1. The van der Waals surface area contributed by atoms with E-state index in [9.17, 15) is 9.90 Å². The maximum atomic E-state index is 12.3. The third kappa shape index (κ3) is 2.77. The normalized spacial score (nSPS) is 31.0. The Morgan fingerprint density at radius 1 is 1.43 bits per heavy atom. The fraction of sp³-hybridized carbons (Fsp3) is 0.389. The Labute approximate surface area is 133 Å². The largest absolute Gasteiger partial charge is 0.392 e. The fourth-order valence-electron chi connectivity index (χ4n) is 3.43. The third-order valence-corrected chi connectivity index (χ3v) is 5.26. The van der Waals surface area contributed by atoms with Crippen LogP contribution in [0.15, 0.2) is 46.0 Å². The van der Waals surface area contributed by atoms with E-state index in [1.54, 1.807) is 6.08 Å². The van der Waals surface area contributed by atoms with Gasteiger partial charge in [0, 0.05) is 15.5 Å². The number of hydrogen-bond acceptors (Lipinski definition) is 2. The van der Waals surface area contributed by atoms with Gasteiger partial charge in [0.1, 0.15) is 0 Å². The quantitative estimate of drug-likeness (QED) is 0.770. The third-order valence-electron chi connectivity index (χ3n) is 4.76. The van der Waals surface area contributed by atoms with Crippen LogP contribution in [0.4, 0.5) is 0 Å². The summed E-state index contributed by atoms with van der Waals surface area (Å²) in [7, 11) is 0. The molecule has 2 aliphatic rings. The summed E-state index contributed by atoms with van der Waals surface area (Å²) in [6.07, 6.45) is 6.72. The molecule has 2 aliphatic carbocycles. The van der Waals surface area contributed by atoms with Gasteiger partial charge < -0.3 is 5.11 Å². The average molecular weight is 347 g/mol. The van der Waals surface area contributed by atoms with Gasteiger partial charge in [-0.25, -0.2) is 0 Å². The lowest BCUT2D eigenvalue weighted by molar-refractivity contribution is -0.112. The highest BCUT2D eigenvalue weighted by Gasteiger charge is 2.43. The van der Waals surface area contributed by atoms with Gasteiger partial charge in [0.05, 0.1) is 6.10 Å². The minimum absolute atomic E-state index is 0.0940. The molecule has 21 heavy (non-hydrogen) atoms. The zero-order valence-electron chi connectivity index (χ0n) is 12.1. The van der Waals surface area contributed by atoms with Crippen LogP contribution in [0.3, 0.4) is 0 Å². The summed E-state index contributed by atoms with van der Waals surface area (Å²) in [5.41, 5.74) is 2.65. The molecule has 0 radical (unpaired) electrons. The molecular formula is C18H19BrO2. The second kappa shape index (κ2) is 5.54. The Bertz CT molecular complexity index is 644. The molecule has 0 spiro atoms. The number of rotatable bonds is 1. The second-order valence-electron chi connectivity index (χ2n) is 6.26. The van der Waals surface area contributed by atoms with Crippen LogP contribution < -0.4 is 0 Å². The van der Waals surface area contributed by atoms with Crippen molar-refractivity contribution >= 4 is 27.8 Å². The van der Waals surface area contributed by atoms with Crippen LogP contribution in [0.5, 0.6) is 0 Å². The predicted molar refractivity (Wildman–Crippen MR) is 87.8 cm³/mol. The summed E-state index contributed by atoms with van der Waals surface area (Å²) in [5.74, 6) is 0.0940. The average Bonchev–Trinajstić information content (AvgIpc) is 2.43. The maximum Gasteiger partial charge on any atom is 0.181 e. The number of allylic oxidation sites excluding steroid dienone is 2. The smallest absolute Gasteiger partial charge is 0.181 e. The Hall–Kier alpha value is -1.19. The molecule has 2 atom stereocenters. The molecule has 3 rings (SSSR count). The Morgan fingerprint density at radius 2 is 2.24 bits per heavy atom. The first-order valence-electron chi connectivity index (χ1n) is 7.38. The second-order valence-corrected chi connectivity index (χ2v) is 7.18. The van der Waals surface area contributed by atoms with Gasteiger partial charge in [0.2, 0.25) is 0 Å². The molecule has 2 nitrogen and oxygen atoms in total. The monoisotopic (exact) mass is 346 g/mol. The number of aliphatic hydroxyl groups is 1. The number of aliphatic hydroxyl groups excluding tert-OH is 1. The van der Waals surface area contributed by atoms with Crippen LogP contribution in [-0.4, -0.2) is 17.0 Å². The van der Waals surface area contributed by atoms with Crippen LogP contribution >= 0.6 is 15.9 Å². The van der Waals surface area contributed by atoms with Crippen molar-refractivity contribution in [3.8, 4) is 0 Å². The lowest BCUT2D eigenvalue weighted by Crippen LogP contribution is -2.40. The number of benzene rings is 1. The van der Waals surface area contributed by atoms with Crippen molar-refractivity contribution in [1.29, 1.82) is 0 Å². The first kappa shape index (κ1) is 14.7. The lowest BCUT2D eigenvalue weighted by Gasteiger charge is -2.43. The Balaban J connectivity index is 1.98. The molecule has 1 aromatic rings. The van der Waals surface area contributed by atoms with Crippen molar-refractivity contribution in [3.05, 3.63) is 51.5 Å². The Morgan fingerprint density at radius 3 is 3.00 bits per heavy atom. The zero-order chi connectivity index (χ0) is 15.0. The van der Waals surface area contributed by atoms with Crippen molar-refractivity contribution in [2.45, 2.75) is 38.7 Å². The van der Waals surface area contributed by atoms with E-state index in [0.717, 1.165) is 40.4 Å². The minimum Gasteiger partial charge on any atom is -0.392 e. The number of halogens is 1. The molecule has 1 saturated carbocycles. The van der Waals surface area contributed by atoms with Gasteiger partial charge in [-0.15, -0.1) is 0 Å². The SMILES string of the molecule is C[C@]12C/C(=C\c3cccc(Br)c3)C(=O)C=C1CCC[C@@H]2O. The fourth-order valence-corrected chi connectivity index (χ4v) is 3.84. The Kier molecular flexibility index (Phi) is 3.89. The van der Waals surface area contributed by atoms with Gasteiger partial charge in [-0.1, -0.05) is 40.6 Å². The van der Waals surface area contributed by atoms with E-state index in [-0.39, 0.29) is 17.3 Å². The summed E-state index contributed by atoms with van der Waals surface area (Å²) in [6, 6.07) is 7.92.